The van der Waals surface area contributed by atoms with Crippen LogP contribution in [0.2, 0.25) is 0 Å². The van der Waals surface area contributed by atoms with E-state index in [1.165, 1.54) is 57.8 Å². The Balaban J connectivity index is 3.63. The van der Waals surface area contributed by atoms with Crippen LogP contribution in [0, 0.1) is 5.92 Å². The van der Waals surface area contributed by atoms with Crippen LogP contribution in [0.3, 0.4) is 0 Å². The molecule has 5 heteroatoms. The summed E-state index contributed by atoms with van der Waals surface area (Å²) in [7, 11) is 0. The molecule has 1 N–H and O–H groups in total. The summed E-state index contributed by atoms with van der Waals surface area (Å²) >= 11 is 0. The Bertz CT molecular complexity index is 422. The average molecular weight is 443 g/mol. The molecule has 184 valence electrons. The molecule has 0 fully saturated rings. The largest absolute Gasteiger partial charge is 0.462 e. The van der Waals surface area contributed by atoms with Crippen molar-refractivity contribution in [3.63, 3.8) is 0 Å². The highest BCUT2D eigenvalue weighted by atomic mass is 16.6. The number of hydrogen-bond donors (Lipinski definition) is 1. The van der Waals surface area contributed by atoms with Gasteiger partial charge in [-0.25, -0.2) is 0 Å². The van der Waals surface area contributed by atoms with Crippen molar-refractivity contribution in [1.82, 2.24) is 0 Å². The summed E-state index contributed by atoms with van der Waals surface area (Å²) in [6.45, 7) is 6.34. The van der Waals surface area contributed by atoms with Gasteiger partial charge in [-0.2, -0.15) is 0 Å². The lowest BCUT2D eigenvalue weighted by atomic mass is 10.0. The van der Waals surface area contributed by atoms with Gasteiger partial charge in [0.2, 0.25) is 0 Å². The topological polar surface area (TPSA) is 72.8 Å². The lowest BCUT2D eigenvalue weighted by molar-refractivity contribution is -0.161. The zero-order chi connectivity index (χ0) is 23.2. The van der Waals surface area contributed by atoms with Crippen LogP contribution in [-0.4, -0.2) is 36.4 Å². The van der Waals surface area contributed by atoms with Crippen LogP contribution < -0.4 is 0 Å². The van der Waals surface area contributed by atoms with Crippen molar-refractivity contribution >= 4 is 11.9 Å². The SMILES string of the molecule is CCCCCCCCCC(=O)O[C@@H](CO)COC(=O)CCCCCCCCCC(C)C. The highest BCUT2D eigenvalue weighted by molar-refractivity contribution is 5.70. The molecular formula is C26H50O5. The molecule has 0 bridgehead atoms. The normalized spacial score (nSPS) is 12.2. The maximum absolute atomic E-state index is 11.9. The Kier molecular flexibility index (Phi) is 21.3. The zero-order valence-electron chi connectivity index (χ0n) is 20.7. The molecule has 0 radical (unpaired) electrons. The molecule has 0 aromatic carbocycles. The minimum Gasteiger partial charge on any atom is -0.462 e. The summed E-state index contributed by atoms with van der Waals surface area (Å²) in [5.41, 5.74) is 0. The monoisotopic (exact) mass is 442 g/mol. The van der Waals surface area contributed by atoms with Crippen molar-refractivity contribution in [3.8, 4) is 0 Å². The van der Waals surface area contributed by atoms with Crippen LogP contribution >= 0.6 is 0 Å². The summed E-state index contributed by atoms with van der Waals surface area (Å²) in [6, 6.07) is 0. The van der Waals surface area contributed by atoms with E-state index in [1.807, 2.05) is 0 Å². The van der Waals surface area contributed by atoms with E-state index in [0.717, 1.165) is 44.4 Å². The second-order valence-electron chi connectivity index (χ2n) is 9.26. The number of ether oxygens (including phenoxy) is 2. The molecule has 0 aliphatic rings. The zero-order valence-corrected chi connectivity index (χ0v) is 20.7. The molecule has 5 nitrogen and oxygen atoms in total. The molecule has 0 saturated carbocycles. The first-order valence-corrected chi connectivity index (χ1v) is 13.0. The van der Waals surface area contributed by atoms with Gasteiger partial charge in [-0.3, -0.25) is 9.59 Å². The third-order valence-electron chi connectivity index (χ3n) is 5.58. The number of unbranched alkanes of at least 4 members (excludes halogenated alkanes) is 12. The van der Waals surface area contributed by atoms with Crippen LogP contribution in [0.15, 0.2) is 0 Å². The summed E-state index contributed by atoms with van der Waals surface area (Å²) in [6.07, 6.45) is 17.4. The third-order valence-corrected chi connectivity index (χ3v) is 5.58. The number of carbonyl (C=O) groups excluding carboxylic acids is 2. The quantitative estimate of drug-likeness (QED) is 0.148. The van der Waals surface area contributed by atoms with Crippen molar-refractivity contribution in [2.24, 2.45) is 5.92 Å². The molecular weight excluding hydrogens is 392 g/mol. The van der Waals surface area contributed by atoms with Crippen molar-refractivity contribution in [3.05, 3.63) is 0 Å². The molecule has 31 heavy (non-hydrogen) atoms. The number of aliphatic hydroxyl groups is 1. The van der Waals surface area contributed by atoms with Crippen LogP contribution in [0.4, 0.5) is 0 Å². The minimum absolute atomic E-state index is 0.0616. The lowest BCUT2D eigenvalue weighted by Crippen LogP contribution is -2.28. The number of rotatable bonds is 22. The Morgan fingerprint density at radius 2 is 1.19 bits per heavy atom. The summed E-state index contributed by atoms with van der Waals surface area (Å²) in [4.78, 5) is 23.8. The fourth-order valence-corrected chi connectivity index (χ4v) is 3.56. The van der Waals surface area contributed by atoms with Gasteiger partial charge >= 0.3 is 11.9 Å². The number of esters is 2. The van der Waals surface area contributed by atoms with Gasteiger partial charge in [-0.05, 0) is 18.8 Å². The second kappa shape index (κ2) is 22.1. The van der Waals surface area contributed by atoms with Crippen LogP contribution in [0.1, 0.15) is 130 Å². The summed E-state index contributed by atoms with van der Waals surface area (Å²) in [5, 5.41) is 9.38. The molecule has 0 amide bonds. The van der Waals surface area contributed by atoms with E-state index >= 15 is 0 Å². The standard InChI is InChI=1S/C26H50O5/c1-4-5-6-7-9-14-17-20-26(29)31-24(21-27)22-30-25(28)19-16-13-11-8-10-12-15-18-23(2)3/h23-24,27H,4-22H2,1-3H3/t24-/m0/s1. The first kappa shape index (κ1) is 29.9. The lowest BCUT2D eigenvalue weighted by Gasteiger charge is -2.15. The van der Waals surface area contributed by atoms with E-state index in [0.29, 0.717) is 12.8 Å². The maximum atomic E-state index is 11.9. The molecule has 0 unspecified atom stereocenters. The first-order chi connectivity index (χ1) is 15.0. The summed E-state index contributed by atoms with van der Waals surface area (Å²) < 4.78 is 10.4. The fraction of sp³-hybridized carbons (Fsp3) is 0.923. The van der Waals surface area contributed by atoms with Gasteiger partial charge in [-0.15, -0.1) is 0 Å². The Hall–Kier alpha value is -1.10. The second-order valence-corrected chi connectivity index (χ2v) is 9.26. The first-order valence-electron chi connectivity index (χ1n) is 13.0. The van der Waals surface area contributed by atoms with E-state index in [-0.39, 0.29) is 25.2 Å². The molecule has 0 spiro atoms. The Morgan fingerprint density at radius 3 is 1.71 bits per heavy atom. The predicted octanol–water partition coefficient (Wildman–Crippen LogP) is 6.74. The molecule has 0 aliphatic carbocycles. The molecule has 0 rings (SSSR count). The van der Waals surface area contributed by atoms with E-state index < -0.39 is 6.10 Å². The predicted molar refractivity (Wildman–Crippen MR) is 127 cm³/mol. The van der Waals surface area contributed by atoms with E-state index in [4.69, 9.17) is 9.47 Å². The van der Waals surface area contributed by atoms with E-state index in [9.17, 15) is 14.7 Å². The van der Waals surface area contributed by atoms with Crippen LogP contribution in [0.5, 0.6) is 0 Å². The number of aliphatic hydroxyl groups excluding tert-OH is 1. The van der Waals surface area contributed by atoms with Crippen LogP contribution in [0.25, 0.3) is 0 Å². The van der Waals surface area contributed by atoms with Crippen molar-refractivity contribution in [2.75, 3.05) is 13.2 Å². The van der Waals surface area contributed by atoms with Crippen molar-refractivity contribution in [1.29, 1.82) is 0 Å². The smallest absolute Gasteiger partial charge is 0.306 e. The Labute approximate surface area is 191 Å². The van der Waals surface area contributed by atoms with Crippen molar-refractivity contribution < 1.29 is 24.2 Å². The minimum atomic E-state index is -0.758. The van der Waals surface area contributed by atoms with E-state index in [2.05, 4.69) is 20.8 Å². The number of carbonyl (C=O) groups is 2. The van der Waals surface area contributed by atoms with Gasteiger partial charge in [0.1, 0.15) is 6.61 Å². The third kappa shape index (κ3) is 21.9. The average Bonchev–Trinajstić information content (AvgIpc) is 2.74. The highest BCUT2D eigenvalue weighted by Crippen LogP contribution is 2.13. The summed E-state index contributed by atoms with van der Waals surface area (Å²) in [5.74, 6) is 0.195. The molecule has 1 atom stereocenters. The van der Waals surface area contributed by atoms with Gasteiger partial charge in [0.05, 0.1) is 6.61 Å². The highest BCUT2D eigenvalue weighted by Gasteiger charge is 2.16. The Morgan fingerprint density at radius 1 is 0.710 bits per heavy atom. The number of hydrogen-bond acceptors (Lipinski definition) is 5. The molecule has 0 aromatic rings. The van der Waals surface area contributed by atoms with Gasteiger partial charge in [0.25, 0.3) is 0 Å². The molecule has 0 aliphatic heterocycles. The van der Waals surface area contributed by atoms with Crippen molar-refractivity contribution in [2.45, 2.75) is 136 Å². The van der Waals surface area contributed by atoms with Gasteiger partial charge in [0.15, 0.2) is 6.10 Å². The van der Waals surface area contributed by atoms with Gasteiger partial charge in [-0.1, -0.05) is 104 Å². The van der Waals surface area contributed by atoms with Gasteiger partial charge in [0, 0.05) is 12.8 Å². The maximum Gasteiger partial charge on any atom is 0.306 e. The van der Waals surface area contributed by atoms with E-state index in [1.54, 1.807) is 0 Å². The molecule has 0 aromatic heterocycles. The molecule has 0 heterocycles. The molecule has 0 saturated heterocycles. The van der Waals surface area contributed by atoms with Gasteiger partial charge < -0.3 is 14.6 Å². The fourth-order valence-electron chi connectivity index (χ4n) is 3.56. The van der Waals surface area contributed by atoms with Crippen LogP contribution in [-0.2, 0) is 19.1 Å².